The summed E-state index contributed by atoms with van der Waals surface area (Å²) < 4.78 is 0. The number of aliphatic hydroxyl groups is 1. The molecule has 5 rings (SSSR count). The van der Waals surface area contributed by atoms with Crippen LogP contribution in [0.15, 0.2) is 72.6 Å². The fourth-order valence-corrected chi connectivity index (χ4v) is 4.42. The lowest BCUT2D eigenvalue weighted by molar-refractivity contribution is -0.132. The number of imidazole rings is 1. The molecule has 1 amide bonds. The van der Waals surface area contributed by atoms with Gasteiger partial charge in [-0.05, 0) is 53.3 Å². The van der Waals surface area contributed by atoms with Gasteiger partial charge in [0.2, 0.25) is 5.95 Å². The first-order valence-corrected chi connectivity index (χ1v) is 11.4. The Kier molecular flexibility index (Phi) is 5.28. The molecule has 3 heterocycles. The van der Waals surface area contributed by atoms with Crippen LogP contribution in [0.2, 0.25) is 0 Å². The highest BCUT2D eigenvalue weighted by atomic mass is 16.3. The Morgan fingerprint density at radius 1 is 1.00 bits per heavy atom. The van der Waals surface area contributed by atoms with Crippen molar-refractivity contribution in [3.8, 4) is 0 Å². The van der Waals surface area contributed by atoms with Gasteiger partial charge in [0.05, 0.1) is 22.6 Å². The number of anilines is 1. The van der Waals surface area contributed by atoms with Crippen molar-refractivity contribution >= 4 is 34.4 Å². The molecule has 0 radical (unpaired) electrons. The molecule has 1 saturated heterocycles. The van der Waals surface area contributed by atoms with Crippen molar-refractivity contribution in [3.63, 3.8) is 0 Å². The van der Waals surface area contributed by atoms with E-state index in [1.54, 1.807) is 12.1 Å². The zero-order chi connectivity index (χ0) is 24.9. The molecule has 0 aliphatic carbocycles. The highest BCUT2D eigenvalue weighted by molar-refractivity contribution is 6.51. The summed E-state index contributed by atoms with van der Waals surface area (Å²) in [6.45, 7) is 8.33. The maximum absolute atomic E-state index is 13.4. The number of rotatable bonds is 3. The Labute approximate surface area is 203 Å². The first-order valence-electron chi connectivity index (χ1n) is 11.4. The molecule has 7 heteroatoms. The molecular formula is C28H26N4O3. The lowest BCUT2D eigenvalue weighted by Crippen LogP contribution is -2.30. The van der Waals surface area contributed by atoms with Gasteiger partial charge in [-0.1, -0.05) is 51.1 Å². The fourth-order valence-electron chi connectivity index (χ4n) is 4.42. The predicted molar refractivity (Wildman–Crippen MR) is 135 cm³/mol. The average Bonchev–Trinajstić information content (AvgIpc) is 3.36. The molecular weight excluding hydrogens is 440 g/mol. The van der Waals surface area contributed by atoms with Crippen LogP contribution in [0.25, 0.3) is 16.8 Å². The zero-order valence-corrected chi connectivity index (χ0v) is 20.0. The molecule has 2 aromatic heterocycles. The number of benzene rings is 2. The third-order valence-electron chi connectivity index (χ3n) is 6.34. The van der Waals surface area contributed by atoms with E-state index in [0.29, 0.717) is 16.6 Å². The third-order valence-corrected chi connectivity index (χ3v) is 6.34. The van der Waals surface area contributed by atoms with Crippen LogP contribution in [0.1, 0.15) is 49.1 Å². The molecule has 176 valence electrons. The smallest absolute Gasteiger partial charge is 0.302 e. The molecule has 7 nitrogen and oxygen atoms in total. The molecule has 2 N–H and O–H groups in total. The second-order valence-electron chi connectivity index (χ2n) is 9.86. The van der Waals surface area contributed by atoms with E-state index in [1.165, 1.54) is 17.3 Å². The third kappa shape index (κ3) is 3.89. The molecule has 0 bridgehead atoms. The van der Waals surface area contributed by atoms with Crippen LogP contribution in [0, 0.1) is 6.92 Å². The van der Waals surface area contributed by atoms with Gasteiger partial charge in [0, 0.05) is 18.0 Å². The van der Waals surface area contributed by atoms with Crippen molar-refractivity contribution in [2.75, 3.05) is 4.90 Å². The normalized spacial score (nSPS) is 17.9. The topological polar surface area (TPSA) is 99.2 Å². The van der Waals surface area contributed by atoms with E-state index in [1.807, 2.05) is 49.4 Å². The van der Waals surface area contributed by atoms with Crippen molar-refractivity contribution in [1.82, 2.24) is 15.0 Å². The highest BCUT2D eigenvalue weighted by Gasteiger charge is 2.48. The number of Topliss-reactive ketones (excluding diaryl/α,β-unsaturated/α-hetero) is 1. The summed E-state index contributed by atoms with van der Waals surface area (Å²) in [6.07, 6.45) is 3.06. The summed E-state index contributed by atoms with van der Waals surface area (Å²) in [6, 6.07) is 15.9. The maximum Gasteiger partial charge on any atom is 0.302 e. The molecule has 4 aromatic rings. The number of aromatic nitrogens is 3. The maximum atomic E-state index is 13.4. The number of carbonyl (C=O) groups is 2. The number of pyridine rings is 1. The van der Waals surface area contributed by atoms with Gasteiger partial charge in [-0.3, -0.25) is 19.5 Å². The average molecular weight is 467 g/mol. The van der Waals surface area contributed by atoms with Crippen molar-refractivity contribution in [3.05, 3.63) is 94.8 Å². The number of H-pyrrole nitrogens is 1. The Morgan fingerprint density at radius 2 is 1.69 bits per heavy atom. The number of nitrogens with zero attached hydrogens (tertiary/aromatic N) is 3. The van der Waals surface area contributed by atoms with E-state index in [0.717, 1.165) is 16.6 Å². The number of hydrogen-bond acceptors (Lipinski definition) is 5. The minimum Gasteiger partial charge on any atom is -0.507 e. The SMILES string of the molecule is Cc1ccc2nc(N3C(=O)C(=O)/C(=C(/O)c4ccncc4)C3c3ccc(C(C)(C)C)cc3)[nH]c2c1. The molecule has 1 aliphatic heterocycles. The first kappa shape index (κ1) is 22.5. The standard InChI is InChI=1S/C28H26N4O3/c1-16-5-10-20-21(15-16)31-27(30-20)32-23(17-6-8-19(9-7-17)28(2,3)4)22(25(34)26(32)35)24(33)18-11-13-29-14-12-18/h5-15,23,33H,1-4H3,(H,30,31)/b24-22+. The minimum atomic E-state index is -0.848. The van der Waals surface area contributed by atoms with E-state index in [4.69, 9.17) is 0 Å². The molecule has 35 heavy (non-hydrogen) atoms. The Bertz CT molecular complexity index is 1480. The number of hydrogen-bond donors (Lipinski definition) is 2. The summed E-state index contributed by atoms with van der Waals surface area (Å²) >= 11 is 0. The number of ketones is 1. The van der Waals surface area contributed by atoms with Gasteiger partial charge in [-0.15, -0.1) is 0 Å². The van der Waals surface area contributed by atoms with Gasteiger partial charge in [0.25, 0.3) is 5.78 Å². The molecule has 2 aromatic carbocycles. The van der Waals surface area contributed by atoms with Crippen LogP contribution in [0.5, 0.6) is 0 Å². The number of nitrogens with one attached hydrogen (secondary N) is 1. The second kappa shape index (κ2) is 8.20. The molecule has 1 aliphatic rings. The molecule has 0 saturated carbocycles. The number of aliphatic hydroxyl groups excluding tert-OH is 1. The van der Waals surface area contributed by atoms with E-state index in [-0.39, 0.29) is 22.7 Å². The first-order chi connectivity index (χ1) is 16.6. The van der Waals surface area contributed by atoms with Crippen molar-refractivity contribution in [2.45, 2.75) is 39.2 Å². The fraction of sp³-hybridized carbons (Fsp3) is 0.214. The van der Waals surface area contributed by atoms with E-state index >= 15 is 0 Å². The van der Waals surface area contributed by atoms with E-state index in [9.17, 15) is 14.7 Å². The molecule has 0 spiro atoms. The van der Waals surface area contributed by atoms with Gasteiger partial charge < -0.3 is 10.1 Å². The van der Waals surface area contributed by atoms with Crippen LogP contribution in [-0.4, -0.2) is 31.7 Å². The van der Waals surface area contributed by atoms with Gasteiger partial charge in [-0.25, -0.2) is 4.98 Å². The van der Waals surface area contributed by atoms with Crippen LogP contribution in [0.3, 0.4) is 0 Å². The Hall–Kier alpha value is -4.26. The van der Waals surface area contributed by atoms with E-state index < -0.39 is 17.7 Å². The minimum absolute atomic E-state index is 0.0151. The summed E-state index contributed by atoms with van der Waals surface area (Å²) in [4.78, 5) is 39.8. The molecule has 1 fully saturated rings. The van der Waals surface area contributed by atoms with Gasteiger partial charge in [0.15, 0.2) is 0 Å². The summed E-state index contributed by atoms with van der Waals surface area (Å²) in [5, 5.41) is 11.2. The second-order valence-corrected chi connectivity index (χ2v) is 9.86. The molecule has 1 atom stereocenters. The monoisotopic (exact) mass is 466 g/mol. The van der Waals surface area contributed by atoms with Crippen LogP contribution < -0.4 is 4.90 Å². The van der Waals surface area contributed by atoms with Gasteiger partial charge in [-0.2, -0.15) is 0 Å². The number of carbonyl (C=O) groups excluding carboxylic acids is 2. The Balaban J connectivity index is 1.72. The summed E-state index contributed by atoms with van der Waals surface area (Å²) in [5.74, 6) is -1.50. The lowest BCUT2D eigenvalue weighted by Gasteiger charge is -2.24. The van der Waals surface area contributed by atoms with Gasteiger partial charge in [0.1, 0.15) is 5.76 Å². The van der Waals surface area contributed by atoms with Crippen LogP contribution >= 0.6 is 0 Å². The zero-order valence-electron chi connectivity index (χ0n) is 20.0. The van der Waals surface area contributed by atoms with E-state index in [2.05, 4.69) is 35.7 Å². The predicted octanol–water partition coefficient (Wildman–Crippen LogP) is 5.19. The van der Waals surface area contributed by atoms with Crippen LogP contribution in [-0.2, 0) is 15.0 Å². The van der Waals surface area contributed by atoms with Gasteiger partial charge >= 0.3 is 5.91 Å². The quantitative estimate of drug-likeness (QED) is 0.246. The summed E-state index contributed by atoms with van der Waals surface area (Å²) in [5.41, 5.74) is 4.67. The Morgan fingerprint density at radius 3 is 2.34 bits per heavy atom. The number of aromatic amines is 1. The van der Waals surface area contributed by atoms with Crippen molar-refractivity contribution < 1.29 is 14.7 Å². The van der Waals surface area contributed by atoms with Crippen molar-refractivity contribution in [1.29, 1.82) is 0 Å². The number of aryl methyl sites for hydroxylation is 1. The van der Waals surface area contributed by atoms with Crippen molar-refractivity contribution in [2.24, 2.45) is 0 Å². The largest absolute Gasteiger partial charge is 0.507 e. The number of amides is 1. The van der Waals surface area contributed by atoms with Crippen LogP contribution in [0.4, 0.5) is 5.95 Å². The summed E-state index contributed by atoms with van der Waals surface area (Å²) in [7, 11) is 0. The number of fused-ring (bicyclic) bond motifs is 1. The molecule has 1 unspecified atom stereocenters. The lowest BCUT2D eigenvalue weighted by atomic mass is 9.85. The highest BCUT2D eigenvalue weighted by Crippen LogP contribution is 2.42.